The van der Waals surface area contributed by atoms with Crippen LogP contribution in [0.4, 0.5) is 24.7 Å². The van der Waals surface area contributed by atoms with Crippen LogP contribution < -0.4 is 11.5 Å². The smallest absolute Gasteiger partial charge is 0.178 e. The molecule has 8 aromatic heterocycles. The quantitative estimate of drug-likeness (QED) is 0.125. The summed E-state index contributed by atoms with van der Waals surface area (Å²) in [6.45, 7) is 1.88. The number of halogens is 3. The van der Waals surface area contributed by atoms with Crippen molar-refractivity contribution in [2.24, 2.45) is 0 Å². The standard InChI is InChI=1S/C18H13FN4.C17H11FN4.C16H13FN4/c1-11-21-16-10-15(12-5-7-20-8-6-12)17(23-18(16)22-11)13-3-2-4-14(19)9-13;18-13-3-1-2-12(8-13)16-14(11-4-6-19-7-5-11)9-15-17(22-16)21-10-20-15;17-12-3-1-2-11(8-12)15-13(9-14(18)16(19)21-15)10-4-6-20-7-5-10/h2-10H,1H3,(H,21,22,23);1-10H,(H,20,21,22);1-9H,18H2,(H2,19,21). The van der Waals surface area contributed by atoms with Crippen molar-refractivity contribution in [3.05, 3.63) is 194 Å². The summed E-state index contributed by atoms with van der Waals surface area (Å²) in [5.74, 6) is 0.118. The molecule has 0 spiro atoms. The van der Waals surface area contributed by atoms with Crippen molar-refractivity contribution in [3.63, 3.8) is 0 Å². The van der Waals surface area contributed by atoms with Crippen LogP contribution in [0, 0.1) is 24.4 Å². The molecule has 6 N–H and O–H groups in total. The lowest BCUT2D eigenvalue weighted by molar-refractivity contribution is 0.628. The van der Waals surface area contributed by atoms with Crippen molar-refractivity contribution in [2.45, 2.75) is 6.92 Å². The Morgan fingerprint density at radius 2 is 0.864 bits per heavy atom. The molecule has 15 heteroatoms. The number of fused-ring (bicyclic) bond motifs is 2. The maximum atomic E-state index is 13.6. The minimum absolute atomic E-state index is 0.229. The lowest BCUT2D eigenvalue weighted by Gasteiger charge is -2.12. The average Bonchev–Trinajstić information content (AvgIpc) is 3.97. The van der Waals surface area contributed by atoms with Gasteiger partial charge in [0.25, 0.3) is 0 Å². The summed E-state index contributed by atoms with van der Waals surface area (Å²) in [5.41, 5.74) is 24.5. The van der Waals surface area contributed by atoms with Crippen LogP contribution in [0.5, 0.6) is 0 Å². The first-order valence-corrected chi connectivity index (χ1v) is 20.4. The number of aromatic nitrogens is 10. The molecular formula is C51H37F3N12. The molecule has 12 nitrogen and oxygen atoms in total. The molecule has 0 amide bonds. The number of nitrogen functional groups attached to an aromatic ring is 2. The fourth-order valence-electron chi connectivity index (χ4n) is 7.30. The lowest BCUT2D eigenvalue weighted by Crippen LogP contribution is -2.01. The topological polar surface area (TPSA) is 187 Å². The SMILES string of the molecule is Cc1nc2nc(-c3cccc(F)c3)c(-c3ccncc3)cc2[nH]1.Fc1cccc(-c2nc3nc[nH]c3cc2-c2ccncc2)c1.Nc1cc(-c2ccncc2)c(-c2cccc(F)c2)nc1N. The van der Waals surface area contributed by atoms with Crippen LogP contribution in [0.15, 0.2) is 171 Å². The molecule has 322 valence electrons. The van der Waals surface area contributed by atoms with E-state index < -0.39 is 0 Å². The molecule has 11 rings (SSSR count). The number of H-pyrrole nitrogens is 2. The number of rotatable bonds is 6. The molecule has 0 unspecified atom stereocenters. The van der Waals surface area contributed by atoms with Crippen LogP contribution in [-0.4, -0.2) is 49.8 Å². The van der Waals surface area contributed by atoms with Crippen molar-refractivity contribution in [1.82, 2.24) is 49.8 Å². The second kappa shape index (κ2) is 18.7. The number of aromatic amines is 2. The second-order valence-electron chi connectivity index (χ2n) is 14.8. The Hall–Kier alpha value is -9.11. The number of nitrogens with one attached hydrogen (secondary N) is 2. The highest BCUT2D eigenvalue weighted by Crippen LogP contribution is 2.36. The van der Waals surface area contributed by atoms with Gasteiger partial charge in [-0.15, -0.1) is 0 Å². The van der Waals surface area contributed by atoms with Crippen LogP contribution in [0.1, 0.15) is 5.82 Å². The number of hydrogen-bond donors (Lipinski definition) is 4. The zero-order chi connectivity index (χ0) is 45.6. The Labute approximate surface area is 375 Å². The minimum Gasteiger partial charge on any atom is -0.396 e. The van der Waals surface area contributed by atoms with E-state index >= 15 is 0 Å². The third-order valence-electron chi connectivity index (χ3n) is 10.4. The Balaban J connectivity index is 0.000000125. The van der Waals surface area contributed by atoms with Gasteiger partial charge in [-0.25, -0.2) is 38.1 Å². The van der Waals surface area contributed by atoms with E-state index in [-0.39, 0.29) is 23.3 Å². The molecule has 0 aliphatic heterocycles. The number of benzene rings is 3. The van der Waals surface area contributed by atoms with Crippen molar-refractivity contribution in [3.8, 4) is 67.2 Å². The van der Waals surface area contributed by atoms with E-state index in [1.807, 2.05) is 67.6 Å². The van der Waals surface area contributed by atoms with Gasteiger partial charge in [-0.2, -0.15) is 0 Å². The summed E-state index contributed by atoms with van der Waals surface area (Å²) in [7, 11) is 0. The maximum Gasteiger partial charge on any atom is 0.178 e. The van der Waals surface area contributed by atoms with Gasteiger partial charge >= 0.3 is 0 Å². The summed E-state index contributed by atoms with van der Waals surface area (Å²) in [5, 5.41) is 0. The van der Waals surface area contributed by atoms with Gasteiger partial charge < -0.3 is 21.4 Å². The molecule has 11 aromatic rings. The van der Waals surface area contributed by atoms with E-state index in [0.29, 0.717) is 39.6 Å². The van der Waals surface area contributed by atoms with Crippen LogP contribution in [0.2, 0.25) is 0 Å². The summed E-state index contributed by atoms with van der Waals surface area (Å²) >= 11 is 0. The highest BCUT2D eigenvalue weighted by atomic mass is 19.1. The average molecular weight is 875 g/mol. The first-order chi connectivity index (χ1) is 32.2. The fraction of sp³-hybridized carbons (Fsp3) is 0.0196. The van der Waals surface area contributed by atoms with Crippen LogP contribution >= 0.6 is 0 Å². The molecule has 0 aliphatic rings. The van der Waals surface area contributed by atoms with Gasteiger partial charge in [0.2, 0.25) is 0 Å². The van der Waals surface area contributed by atoms with E-state index in [1.165, 1.54) is 36.4 Å². The normalized spacial score (nSPS) is 10.8. The van der Waals surface area contributed by atoms with E-state index in [1.54, 1.807) is 73.8 Å². The van der Waals surface area contributed by atoms with Crippen molar-refractivity contribution >= 4 is 33.8 Å². The predicted octanol–water partition coefficient (Wildman–Crippen LogP) is 11.1. The number of nitrogens with two attached hydrogens (primary N) is 2. The van der Waals surface area contributed by atoms with Crippen LogP contribution in [-0.2, 0) is 0 Å². The fourth-order valence-corrected chi connectivity index (χ4v) is 7.30. The number of hydrogen-bond acceptors (Lipinski definition) is 10. The summed E-state index contributed by atoms with van der Waals surface area (Å²) in [6, 6.07) is 36.1. The maximum absolute atomic E-state index is 13.6. The zero-order valence-corrected chi connectivity index (χ0v) is 35.0. The van der Waals surface area contributed by atoms with Crippen LogP contribution in [0.3, 0.4) is 0 Å². The monoisotopic (exact) mass is 874 g/mol. The molecule has 8 heterocycles. The Bertz CT molecular complexity index is 3450. The van der Waals surface area contributed by atoms with Crippen molar-refractivity contribution in [1.29, 1.82) is 0 Å². The third kappa shape index (κ3) is 9.30. The van der Waals surface area contributed by atoms with Crippen molar-refractivity contribution in [2.75, 3.05) is 11.5 Å². The highest BCUT2D eigenvalue weighted by Gasteiger charge is 2.16. The molecule has 66 heavy (non-hydrogen) atoms. The second-order valence-corrected chi connectivity index (χ2v) is 14.8. The highest BCUT2D eigenvalue weighted by molar-refractivity contribution is 5.90. The predicted molar refractivity (Wildman–Crippen MR) is 251 cm³/mol. The molecule has 0 saturated carbocycles. The molecule has 0 saturated heterocycles. The number of nitrogens with zero attached hydrogens (tertiary/aromatic N) is 8. The lowest BCUT2D eigenvalue weighted by atomic mass is 9.99. The largest absolute Gasteiger partial charge is 0.396 e. The third-order valence-corrected chi connectivity index (χ3v) is 10.4. The summed E-state index contributed by atoms with van der Waals surface area (Å²) in [4.78, 5) is 40.5. The molecule has 3 aromatic carbocycles. The molecule has 0 aliphatic carbocycles. The molecule has 0 atom stereocenters. The van der Waals surface area contributed by atoms with Crippen molar-refractivity contribution < 1.29 is 13.2 Å². The van der Waals surface area contributed by atoms with Crippen LogP contribution in [0.25, 0.3) is 89.5 Å². The van der Waals surface area contributed by atoms with E-state index in [4.69, 9.17) is 11.5 Å². The first-order valence-electron chi connectivity index (χ1n) is 20.4. The first kappa shape index (κ1) is 42.2. The van der Waals surface area contributed by atoms with Gasteiger partial charge in [-0.3, -0.25) is 15.0 Å². The van der Waals surface area contributed by atoms with Gasteiger partial charge in [0.05, 0.1) is 40.1 Å². The molecular weight excluding hydrogens is 838 g/mol. The van der Waals surface area contributed by atoms with E-state index in [0.717, 1.165) is 61.4 Å². The van der Waals surface area contributed by atoms with Gasteiger partial charge in [0.1, 0.15) is 29.1 Å². The van der Waals surface area contributed by atoms with Gasteiger partial charge in [0.15, 0.2) is 11.3 Å². The number of anilines is 2. The van der Waals surface area contributed by atoms with E-state index in [2.05, 4.69) is 49.8 Å². The summed E-state index contributed by atoms with van der Waals surface area (Å²) < 4.78 is 40.7. The number of pyridine rings is 6. The molecule has 0 radical (unpaired) electrons. The van der Waals surface area contributed by atoms with E-state index in [9.17, 15) is 13.2 Å². The van der Waals surface area contributed by atoms with Gasteiger partial charge in [-0.05, 0) is 115 Å². The number of imidazole rings is 2. The van der Waals surface area contributed by atoms with Gasteiger partial charge in [-0.1, -0.05) is 36.4 Å². The minimum atomic E-state index is -0.328. The Morgan fingerprint density at radius 1 is 0.439 bits per heavy atom. The Morgan fingerprint density at radius 3 is 1.33 bits per heavy atom. The summed E-state index contributed by atoms with van der Waals surface area (Å²) in [6.07, 6.45) is 11.9. The Kier molecular flexibility index (Phi) is 12.0. The zero-order valence-electron chi connectivity index (χ0n) is 35.0. The van der Waals surface area contributed by atoms with Gasteiger partial charge in [0, 0.05) is 70.6 Å². The molecule has 0 fully saturated rings. The molecule has 0 bridgehead atoms. The number of aryl methyl sites for hydroxylation is 1.